The Kier molecular flexibility index (Phi) is 2.80. The molecule has 0 heterocycles. The zero-order chi connectivity index (χ0) is 7.68. The van der Waals surface area contributed by atoms with E-state index in [9.17, 15) is 0 Å². The Morgan fingerprint density at radius 1 is 0.833 bits per heavy atom. The summed E-state index contributed by atoms with van der Waals surface area (Å²) < 4.78 is 0. The topological polar surface area (TPSA) is 31.5 Å². The number of fused-ring (bicyclic) bond motifs is 1. The maximum Gasteiger partial charge on any atom is -0.0112 e. The molecule has 2 aromatic carbocycles. The largest absolute Gasteiger partial charge is 0.412 e. The van der Waals surface area contributed by atoms with E-state index in [1.54, 1.807) is 0 Å². The van der Waals surface area contributed by atoms with Crippen LogP contribution in [0.25, 0.3) is 10.8 Å². The van der Waals surface area contributed by atoms with Gasteiger partial charge in [-0.3, -0.25) is 0 Å². The van der Waals surface area contributed by atoms with Gasteiger partial charge in [-0.2, -0.15) is 0 Å². The molecule has 0 radical (unpaired) electrons. The molecule has 1 atom stereocenters. The maximum atomic E-state index is 2.74. The zero-order valence-electron chi connectivity index (χ0n) is 6.62. The van der Waals surface area contributed by atoms with E-state index in [0.717, 1.165) is 0 Å². The molecule has 0 spiro atoms. The minimum atomic E-state index is 0. The number of benzene rings is 2. The molecule has 0 amide bonds. The van der Waals surface area contributed by atoms with E-state index in [1.807, 2.05) is 0 Å². The van der Waals surface area contributed by atoms with E-state index in [0.29, 0.717) is 0 Å². The maximum absolute atomic E-state index is 2.74. The fourth-order valence-corrected chi connectivity index (χ4v) is 1.62. The first-order valence-corrected chi connectivity index (χ1v) is 4.19. The van der Waals surface area contributed by atoms with Gasteiger partial charge in [0.15, 0.2) is 0 Å². The van der Waals surface area contributed by atoms with Crippen molar-refractivity contribution >= 4 is 25.3 Å². The van der Waals surface area contributed by atoms with Gasteiger partial charge in [0.2, 0.25) is 0 Å². The standard InChI is InChI=1S/C10H9P.H2O/c11-10-7-3-5-8-4-1-2-6-9(8)10;/h1-7H,11H2;1H2. The average molecular weight is 178 g/mol. The number of hydrogen-bond acceptors (Lipinski definition) is 0. The third kappa shape index (κ3) is 1.47. The van der Waals surface area contributed by atoms with Crippen molar-refractivity contribution in [2.75, 3.05) is 0 Å². The fourth-order valence-electron chi connectivity index (χ4n) is 1.25. The summed E-state index contributed by atoms with van der Waals surface area (Å²) in [5.74, 6) is 0. The lowest BCUT2D eigenvalue weighted by atomic mass is 10.1. The van der Waals surface area contributed by atoms with Crippen LogP contribution in [0.4, 0.5) is 0 Å². The molecule has 0 fully saturated rings. The van der Waals surface area contributed by atoms with Gasteiger partial charge in [0.25, 0.3) is 0 Å². The SMILES string of the molecule is O.Pc1cccc2ccccc12. The van der Waals surface area contributed by atoms with Crippen molar-refractivity contribution in [3.63, 3.8) is 0 Å². The van der Waals surface area contributed by atoms with Crippen molar-refractivity contribution in [2.24, 2.45) is 0 Å². The lowest BCUT2D eigenvalue weighted by molar-refractivity contribution is 0.824. The molecule has 0 aliphatic carbocycles. The highest BCUT2D eigenvalue weighted by Crippen LogP contribution is 2.12. The second-order valence-corrected chi connectivity index (χ2v) is 3.19. The van der Waals surface area contributed by atoms with Gasteiger partial charge in [-0.05, 0) is 16.1 Å². The predicted molar refractivity (Wildman–Crippen MR) is 56.9 cm³/mol. The molecule has 0 aliphatic rings. The summed E-state index contributed by atoms with van der Waals surface area (Å²) in [4.78, 5) is 0. The van der Waals surface area contributed by atoms with Crippen molar-refractivity contribution in [3.8, 4) is 0 Å². The quantitative estimate of drug-likeness (QED) is 0.548. The summed E-state index contributed by atoms with van der Waals surface area (Å²) in [5, 5.41) is 3.89. The molecule has 1 unspecified atom stereocenters. The minimum absolute atomic E-state index is 0. The number of hydrogen-bond donors (Lipinski definition) is 0. The van der Waals surface area contributed by atoms with Crippen LogP contribution in [0.5, 0.6) is 0 Å². The highest BCUT2D eigenvalue weighted by molar-refractivity contribution is 7.28. The summed E-state index contributed by atoms with van der Waals surface area (Å²) in [5.41, 5.74) is 0. The van der Waals surface area contributed by atoms with Crippen molar-refractivity contribution < 1.29 is 5.48 Å². The van der Waals surface area contributed by atoms with E-state index in [-0.39, 0.29) is 5.48 Å². The van der Waals surface area contributed by atoms with Gasteiger partial charge in [0.1, 0.15) is 0 Å². The summed E-state index contributed by atoms with van der Waals surface area (Å²) in [7, 11) is 2.74. The molecule has 62 valence electrons. The lowest BCUT2D eigenvalue weighted by Gasteiger charge is -1.98. The van der Waals surface area contributed by atoms with Crippen LogP contribution in [0.2, 0.25) is 0 Å². The molecule has 2 N–H and O–H groups in total. The minimum Gasteiger partial charge on any atom is -0.412 e. The summed E-state index contributed by atoms with van der Waals surface area (Å²) in [6, 6.07) is 14.7. The van der Waals surface area contributed by atoms with E-state index < -0.39 is 0 Å². The molecule has 0 aliphatic heterocycles. The Balaban J connectivity index is 0.000000720. The molecular formula is C10H11OP. The van der Waals surface area contributed by atoms with E-state index >= 15 is 0 Å². The molecule has 2 aromatic rings. The van der Waals surface area contributed by atoms with Gasteiger partial charge in [0.05, 0.1) is 0 Å². The predicted octanol–water partition coefficient (Wildman–Crippen LogP) is 1.52. The van der Waals surface area contributed by atoms with Crippen LogP contribution in [0, 0.1) is 0 Å². The van der Waals surface area contributed by atoms with Gasteiger partial charge in [-0.15, -0.1) is 9.24 Å². The first-order valence-electron chi connectivity index (χ1n) is 3.61. The average Bonchev–Trinajstić information content (AvgIpc) is 2.06. The first-order chi connectivity index (χ1) is 5.38. The Morgan fingerprint density at radius 2 is 1.50 bits per heavy atom. The van der Waals surface area contributed by atoms with Gasteiger partial charge in [0, 0.05) is 0 Å². The summed E-state index contributed by atoms with van der Waals surface area (Å²) in [6.07, 6.45) is 0. The molecule has 2 heteroatoms. The molecule has 12 heavy (non-hydrogen) atoms. The summed E-state index contributed by atoms with van der Waals surface area (Å²) in [6.45, 7) is 0. The highest BCUT2D eigenvalue weighted by atomic mass is 31.0. The van der Waals surface area contributed by atoms with Crippen molar-refractivity contribution in [3.05, 3.63) is 42.5 Å². The van der Waals surface area contributed by atoms with Crippen LogP contribution in [0.15, 0.2) is 42.5 Å². The molecule has 0 saturated heterocycles. The van der Waals surface area contributed by atoms with E-state index in [4.69, 9.17) is 0 Å². The van der Waals surface area contributed by atoms with Crippen LogP contribution in [-0.4, -0.2) is 5.48 Å². The molecule has 0 saturated carbocycles. The normalized spacial score (nSPS) is 9.42. The lowest BCUT2D eigenvalue weighted by Crippen LogP contribution is -1.90. The molecule has 1 nitrogen and oxygen atoms in total. The third-order valence-corrected chi connectivity index (χ3v) is 2.33. The van der Waals surface area contributed by atoms with Crippen molar-refractivity contribution in [1.29, 1.82) is 0 Å². The molecule has 2 rings (SSSR count). The van der Waals surface area contributed by atoms with E-state index in [1.165, 1.54) is 16.1 Å². The Hall–Kier alpha value is -0.910. The van der Waals surface area contributed by atoms with Crippen LogP contribution >= 0.6 is 9.24 Å². The highest BCUT2D eigenvalue weighted by Gasteiger charge is 1.92. The molecule has 0 bridgehead atoms. The van der Waals surface area contributed by atoms with E-state index in [2.05, 4.69) is 51.7 Å². The van der Waals surface area contributed by atoms with Crippen molar-refractivity contribution in [2.45, 2.75) is 0 Å². The summed E-state index contributed by atoms with van der Waals surface area (Å²) >= 11 is 0. The second kappa shape index (κ2) is 3.66. The monoisotopic (exact) mass is 178 g/mol. The van der Waals surface area contributed by atoms with Gasteiger partial charge in [-0.1, -0.05) is 42.5 Å². The number of rotatable bonds is 0. The van der Waals surface area contributed by atoms with Crippen LogP contribution in [0.1, 0.15) is 0 Å². The van der Waals surface area contributed by atoms with Crippen molar-refractivity contribution in [1.82, 2.24) is 0 Å². The Bertz CT molecular complexity index is 379. The smallest absolute Gasteiger partial charge is 0.0112 e. The Labute approximate surface area is 73.9 Å². The zero-order valence-corrected chi connectivity index (χ0v) is 7.77. The van der Waals surface area contributed by atoms with Crippen LogP contribution in [-0.2, 0) is 0 Å². The fraction of sp³-hybridized carbons (Fsp3) is 0. The van der Waals surface area contributed by atoms with Gasteiger partial charge >= 0.3 is 0 Å². The molecular weight excluding hydrogens is 167 g/mol. The van der Waals surface area contributed by atoms with Crippen LogP contribution < -0.4 is 5.30 Å². The molecule has 0 aromatic heterocycles. The third-order valence-electron chi connectivity index (χ3n) is 1.82. The van der Waals surface area contributed by atoms with Gasteiger partial charge < -0.3 is 5.48 Å². The van der Waals surface area contributed by atoms with Gasteiger partial charge in [-0.25, -0.2) is 0 Å². The first kappa shape index (κ1) is 9.18. The van der Waals surface area contributed by atoms with Crippen LogP contribution in [0.3, 0.4) is 0 Å². The Morgan fingerprint density at radius 3 is 2.25 bits per heavy atom. The second-order valence-electron chi connectivity index (χ2n) is 2.57.